The van der Waals surface area contributed by atoms with Crippen molar-refractivity contribution >= 4 is 5.91 Å². The molecule has 0 aromatic heterocycles. The molecule has 7 atom stereocenters. The van der Waals surface area contributed by atoms with E-state index in [1.54, 1.807) is 6.08 Å². The highest BCUT2D eigenvalue weighted by Crippen LogP contribution is 2.23. The number of aliphatic hydroxyl groups excluding tert-OH is 5. The van der Waals surface area contributed by atoms with Crippen LogP contribution in [0.25, 0.3) is 0 Å². The van der Waals surface area contributed by atoms with Crippen LogP contribution >= 0.6 is 0 Å². The molecular weight excluding hydrogens is 887 g/mol. The van der Waals surface area contributed by atoms with E-state index in [9.17, 15) is 30.3 Å². The highest BCUT2D eigenvalue weighted by molar-refractivity contribution is 5.76. The van der Waals surface area contributed by atoms with Crippen molar-refractivity contribution in [1.29, 1.82) is 0 Å². The lowest BCUT2D eigenvalue weighted by molar-refractivity contribution is -0.302. The standard InChI is InChI=1S/C62H107NO8/c1-3-5-7-9-11-13-15-17-19-21-22-23-24-25-26-27-28-29-30-31-32-33-34-36-38-40-42-44-46-48-50-52-58(66)63-55(54-70-62-61(69)60(68)59(67)57(53-64)71-62)56(65)51-49-47-45-43-41-39-37-35-20-18-16-14-12-10-8-6-4-2/h5,7,11,13,17,19,22-23,25-26,28-29,41,43,49,51,55-57,59-62,64-65,67-69H,3-4,6,8-10,12,14-16,18,20-21,24,27,30-40,42,44-48,50,52-54H2,1-2H3,(H,63,66)/b7-5-,13-11-,19-17-,23-22-,26-25-,29-28-,43-41+,51-49+. The highest BCUT2D eigenvalue weighted by atomic mass is 16.7. The Morgan fingerprint density at radius 2 is 0.887 bits per heavy atom. The van der Waals surface area contributed by atoms with Gasteiger partial charge in [-0.1, -0.05) is 239 Å². The van der Waals surface area contributed by atoms with Crippen LogP contribution in [-0.2, 0) is 14.3 Å². The molecule has 0 saturated carbocycles. The number of carbonyl (C=O) groups is 1. The number of unbranched alkanes of at least 4 members (excludes halogenated alkanes) is 24. The molecule has 1 aliphatic heterocycles. The van der Waals surface area contributed by atoms with E-state index in [1.807, 2.05) is 6.08 Å². The lowest BCUT2D eigenvalue weighted by Gasteiger charge is -2.40. The van der Waals surface area contributed by atoms with Gasteiger partial charge in [-0.3, -0.25) is 4.79 Å². The smallest absolute Gasteiger partial charge is 0.220 e. The van der Waals surface area contributed by atoms with Crippen LogP contribution in [0.5, 0.6) is 0 Å². The molecule has 6 N–H and O–H groups in total. The number of hydrogen-bond donors (Lipinski definition) is 6. The van der Waals surface area contributed by atoms with E-state index in [1.165, 1.54) is 135 Å². The number of hydrogen-bond acceptors (Lipinski definition) is 8. The first-order valence-corrected chi connectivity index (χ1v) is 29.0. The predicted octanol–water partition coefficient (Wildman–Crippen LogP) is 14.4. The van der Waals surface area contributed by atoms with E-state index in [2.05, 4.69) is 104 Å². The molecule has 0 aliphatic carbocycles. The molecule has 0 bridgehead atoms. The maximum atomic E-state index is 13.1. The Labute approximate surface area is 434 Å². The van der Waals surface area contributed by atoms with Crippen molar-refractivity contribution in [2.45, 2.75) is 275 Å². The van der Waals surface area contributed by atoms with Crippen molar-refractivity contribution in [3.05, 3.63) is 97.2 Å². The molecule has 0 radical (unpaired) electrons. The number of nitrogens with one attached hydrogen (secondary N) is 1. The molecule has 1 amide bonds. The first-order chi connectivity index (χ1) is 34.8. The Kier molecular flexibility index (Phi) is 47.2. The molecule has 408 valence electrons. The van der Waals surface area contributed by atoms with Crippen LogP contribution in [0.3, 0.4) is 0 Å². The molecule has 0 aromatic rings. The lowest BCUT2D eigenvalue weighted by Crippen LogP contribution is -2.60. The minimum Gasteiger partial charge on any atom is -0.394 e. The SMILES string of the molecule is CC/C=C\C/C=C\C/C=C\C/C=C\C/C=C\C/C=C\CCCCCCCCCCCCCCC(=O)NC(COC1OC(CO)C(O)C(O)C1O)C(O)/C=C/CC/C=C/CCCCCCCCCCCCC. The van der Waals surface area contributed by atoms with Gasteiger partial charge in [-0.15, -0.1) is 0 Å². The number of allylic oxidation sites excluding steroid dienone is 15. The van der Waals surface area contributed by atoms with Gasteiger partial charge in [0.05, 0.1) is 25.4 Å². The molecule has 9 nitrogen and oxygen atoms in total. The van der Waals surface area contributed by atoms with Crippen molar-refractivity contribution in [3.63, 3.8) is 0 Å². The number of ether oxygens (including phenoxy) is 2. The fraction of sp³-hybridized carbons (Fsp3) is 0.726. The summed E-state index contributed by atoms with van der Waals surface area (Å²) in [4.78, 5) is 13.1. The predicted molar refractivity (Wildman–Crippen MR) is 299 cm³/mol. The molecule has 0 spiro atoms. The third-order valence-corrected chi connectivity index (χ3v) is 13.1. The van der Waals surface area contributed by atoms with Gasteiger partial charge in [0.1, 0.15) is 24.4 Å². The van der Waals surface area contributed by atoms with Gasteiger partial charge in [0.2, 0.25) is 5.91 Å². The van der Waals surface area contributed by atoms with E-state index in [0.717, 1.165) is 77.0 Å². The summed E-state index contributed by atoms with van der Waals surface area (Å²) in [5.41, 5.74) is 0. The molecule has 1 saturated heterocycles. The third kappa shape index (κ3) is 40.2. The lowest BCUT2D eigenvalue weighted by atomic mass is 9.99. The molecule has 1 aliphatic rings. The summed E-state index contributed by atoms with van der Waals surface area (Å²) in [6, 6.07) is -0.828. The first kappa shape index (κ1) is 66.1. The molecule has 1 fully saturated rings. The summed E-state index contributed by atoms with van der Waals surface area (Å²) in [5, 5.41) is 54.5. The Balaban J connectivity index is 2.22. The van der Waals surface area contributed by atoms with Gasteiger partial charge >= 0.3 is 0 Å². The second-order valence-corrected chi connectivity index (χ2v) is 19.7. The van der Waals surface area contributed by atoms with Crippen LogP contribution in [0.4, 0.5) is 0 Å². The molecule has 1 rings (SSSR count). The monoisotopic (exact) mass is 994 g/mol. The van der Waals surface area contributed by atoms with Crippen LogP contribution in [-0.4, -0.2) is 87.5 Å². The molecular formula is C62H107NO8. The quantitative estimate of drug-likeness (QED) is 0.0261. The summed E-state index contributed by atoms with van der Waals surface area (Å²) in [7, 11) is 0. The van der Waals surface area contributed by atoms with Crippen LogP contribution in [0.15, 0.2) is 97.2 Å². The van der Waals surface area contributed by atoms with Crippen molar-refractivity contribution in [2.75, 3.05) is 13.2 Å². The largest absolute Gasteiger partial charge is 0.394 e. The minimum atomic E-state index is -1.58. The zero-order chi connectivity index (χ0) is 51.5. The maximum Gasteiger partial charge on any atom is 0.220 e. The number of carbonyl (C=O) groups excluding carboxylic acids is 1. The number of amides is 1. The average Bonchev–Trinajstić information content (AvgIpc) is 3.37. The fourth-order valence-electron chi connectivity index (χ4n) is 8.59. The highest BCUT2D eigenvalue weighted by Gasteiger charge is 2.44. The zero-order valence-corrected chi connectivity index (χ0v) is 45.2. The van der Waals surface area contributed by atoms with E-state index >= 15 is 0 Å². The van der Waals surface area contributed by atoms with Crippen molar-refractivity contribution < 1.29 is 39.8 Å². The van der Waals surface area contributed by atoms with Crippen molar-refractivity contribution in [3.8, 4) is 0 Å². The van der Waals surface area contributed by atoms with Crippen LogP contribution in [0.2, 0.25) is 0 Å². The van der Waals surface area contributed by atoms with Gasteiger partial charge in [-0.05, 0) is 83.5 Å². The van der Waals surface area contributed by atoms with Gasteiger partial charge in [-0.25, -0.2) is 0 Å². The topological polar surface area (TPSA) is 149 Å². The van der Waals surface area contributed by atoms with Gasteiger partial charge in [-0.2, -0.15) is 0 Å². The van der Waals surface area contributed by atoms with Crippen LogP contribution < -0.4 is 5.32 Å². The van der Waals surface area contributed by atoms with Gasteiger partial charge in [0, 0.05) is 6.42 Å². The average molecular weight is 995 g/mol. The Morgan fingerprint density at radius 3 is 1.35 bits per heavy atom. The summed E-state index contributed by atoms with van der Waals surface area (Å²) in [5.74, 6) is -0.192. The molecule has 0 aromatic carbocycles. The minimum absolute atomic E-state index is 0.192. The molecule has 71 heavy (non-hydrogen) atoms. The van der Waals surface area contributed by atoms with Crippen molar-refractivity contribution in [1.82, 2.24) is 5.32 Å². The Morgan fingerprint density at radius 1 is 0.493 bits per heavy atom. The fourth-order valence-corrected chi connectivity index (χ4v) is 8.59. The third-order valence-electron chi connectivity index (χ3n) is 13.1. The second-order valence-electron chi connectivity index (χ2n) is 19.7. The maximum absolute atomic E-state index is 13.1. The molecule has 9 heteroatoms. The number of rotatable bonds is 48. The van der Waals surface area contributed by atoms with E-state index < -0.39 is 49.5 Å². The van der Waals surface area contributed by atoms with E-state index in [4.69, 9.17) is 9.47 Å². The van der Waals surface area contributed by atoms with Crippen LogP contribution in [0.1, 0.15) is 232 Å². The van der Waals surface area contributed by atoms with E-state index in [0.29, 0.717) is 6.42 Å². The summed E-state index contributed by atoms with van der Waals surface area (Å²) in [6.45, 7) is 3.65. The molecule has 1 heterocycles. The second kappa shape index (κ2) is 50.6. The Hall–Kier alpha value is -2.89. The summed E-state index contributed by atoms with van der Waals surface area (Å²) >= 11 is 0. The number of aliphatic hydroxyl groups is 5. The normalized spacial score (nSPS) is 20.0. The first-order valence-electron chi connectivity index (χ1n) is 29.0. The zero-order valence-electron chi connectivity index (χ0n) is 45.2. The van der Waals surface area contributed by atoms with Crippen molar-refractivity contribution in [2.24, 2.45) is 0 Å². The summed E-state index contributed by atoms with van der Waals surface area (Å²) < 4.78 is 11.2. The van der Waals surface area contributed by atoms with Crippen LogP contribution in [0, 0.1) is 0 Å². The summed E-state index contributed by atoms with van der Waals surface area (Å²) in [6.07, 6.45) is 66.1. The van der Waals surface area contributed by atoms with Gasteiger partial charge < -0.3 is 40.3 Å². The molecule has 7 unspecified atom stereocenters. The Bertz CT molecular complexity index is 1430. The van der Waals surface area contributed by atoms with Gasteiger partial charge in [0.15, 0.2) is 6.29 Å². The van der Waals surface area contributed by atoms with Gasteiger partial charge in [0.25, 0.3) is 0 Å². The van der Waals surface area contributed by atoms with E-state index in [-0.39, 0.29) is 12.5 Å².